The Balaban J connectivity index is 1.49. The van der Waals surface area contributed by atoms with E-state index in [9.17, 15) is 4.79 Å². The molecule has 0 aliphatic carbocycles. The van der Waals surface area contributed by atoms with Gasteiger partial charge in [-0.3, -0.25) is 0 Å². The molecule has 0 bridgehead atoms. The van der Waals surface area contributed by atoms with E-state index >= 15 is 0 Å². The van der Waals surface area contributed by atoms with Gasteiger partial charge in [-0.15, -0.1) is 11.3 Å². The first-order valence-corrected chi connectivity index (χ1v) is 10.1. The molecule has 1 unspecified atom stereocenters. The minimum absolute atomic E-state index is 0.0324. The number of hydrogen-bond donors (Lipinski definition) is 1. The third kappa shape index (κ3) is 3.44. The molecule has 1 N–H and O–H groups in total. The fourth-order valence-electron chi connectivity index (χ4n) is 3.54. The number of thiazole rings is 1. The van der Waals surface area contributed by atoms with Crippen LogP contribution in [0.3, 0.4) is 0 Å². The third-order valence-electron chi connectivity index (χ3n) is 4.85. The molecule has 1 atom stereocenters. The van der Waals surface area contributed by atoms with E-state index in [1.165, 1.54) is 10.3 Å². The van der Waals surface area contributed by atoms with Crippen LogP contribution in [0.4, 0.5) is 10.5 Å². The maximum atomic E-state index is 12.8. The number of hydrogen-bond acceptors (Lipinski definition) is 3. The summed E-state index contributed by atoms with van der Waals surface area (Å²) >= 11 is 1.70. The topological polar surface area (TPSA) is 45.2 Å². The molecule has 0 spiro atoms. The number of nitrogens with one attached hydrogen (secondary N) is 1. The van der Waals surface area contributed by atoms with Gasteiger partial charge < -0.3 is 10.2 Å². The normalized spacial score (nSPS) is 17.0. The summed E-state index contributed by atoms with van der Waals surface area (Å²) in [6.07, 6.45) is 4.19. The van der Waals surface area contributed by atoms with Crippen molar-refractivity contribution < 1.29 is 4.79 Å². The molecule has 1 aromatic heterocycles. The summed E-state index contributed by atoms with van der Waals surface area (Å²) in [5.74, 6) is 0. The number of benzene rings is 2. The Morgan fingerprint density at radius 1 is 1.23 bits per heavy atom. The molecule has 4 rings (SSSR count). The summed E-state index contributed by atoms with van der Waals surface area (Å²) in [7, 11) is 0. The van der Waals surface area contributed by atoms with Gasteiger partial charge >= 0.3 is 6.03 Å². The summed E-state index contributed by atoms with van der Waals surface area (Å²) in [5.41, 5.74) is 3.18. The van der Waals surface area contributed by atoms with Gasteiger partial charge in [-0.05, 0) is 49.1 Å². The van der Waals surface area contributed by atoms with Crippen LogP contribution >= 0.6 is 11.3 Å². The first-order chi connectivity index (χ1) is 12.7. The molecule has 2 amide bonds. The number of nitrogens with zero attached hydrogens (tertiary/aromatic N) is 2. The molecule has 3 aromatic rings. The molecule has 5 heteroatoms. The van der Waals surface area contributed by atoms with Crippen molar-refractivity contribution in [3.63, 3.8) is 0 Å². The number of aryl methyl sites for hydroxylation is 1. The van der Waals surface area contributed by atoms with Crippen LogP contribution in [-0.4, -0.2) is 22.5 Å². The molecule has 1 fully saturated rings. The molecule has 0 saturated carbocycles. The maximum Gasteiger partial charge on any atom is 0.322 e. The molecule has 4 nitrogen and oxygen atoms in total. The number of urea groups is 1. The van der Waals surface area contributed by atoms with Gasteiger partial charge in [0.2, 0.25) is 0 Å². The Labute approximate surface area is 157 Å². The van der Waals surface area contributed by atoms with E-state index in [1.807, 2.05) is 35.2 Å². The highest BCUT2D eigenvalue weighted by molar-refractivity contribution is 7.18. The predicted octanol–water partition coefficient (Wildman–Crippen LogP) is 5.62. The van der Waals surface area contributed by atoms with Gasteiger partial charge in [0.05, 0.1) is 16.3 Å². The van der Waals surface area contributed by atoms with Crippen molar-refractivity contribution in [3.05, 3.63) is 59.1 Å². The summed E-state index contributed by atoms with van der Waals surface area (Å²) < 4.78 is 1.18. The van der Waals surface area contributed by atoms with Crippen LogP contribution in [0.5, 0.6) is 0 Å². The fraction of sp³-hybridized carbons (Fsp3) is 0.333. The SMILES string of the molecule is CCCc1ccc(NC(=O)N2CCCC2c2nc3ccccc3s2)cc1. The number of anilines is 1. The number of fused-ring (bicyclic) bond motifs is 1. The second-order valence-electron chi connectivity index (χ2n) is 6.75. The molecule has 26 heavy (non-hydrogen) atoms. The molecular formula is C21H23N3OS. The van der Waals surface area contributed by atoms with Crippen molar-refractivity contribution in [1.82, 2.24) is 9.88 Å². The van der Waals surface area contributed by atoms with Crippen molar-refractivity contribution in [2.45, 2.75) is 38.6 Å². The van der Waals surface area contributed by atoms with Crippen LogP contribution in [0.1, 0.15) is 42.8 Å². The second-order valence-corrected chi connectivity index (χ2v) is 7.81. The van der Waals surface area contributed by atoms with E-state index in [2.05, 4.69) is 30.4 Å². The van der Waals surface area contributed by atoms with Crippen LogP contribution in [-0.2, 0) is 6.42 Å². The van der Waals surface area contributed by atoms with Gasteiger partial charge in [0.25, 0.3) is 0 Å². The molecule has 1 saturated heterocycles. The average Bonchev–Trinajstić information content (AvgIpc) is 3.30. The average molecular weight is 366 g/mol. The number of para-hydroxylation sites is 1. The minimum atomic E-state index is -0.0324. The lowest BCUT2D eigenvalue weighted by atomic mass is 10.1. The van der Waals surface area contributed by atoms with Crippen LogP contribution in [0, 0.1) is 0 Å². The van der Waals surface area contributed by atoms with Crippen molar-refractivity contribution in [3.8, 4) is 0 Å². The highest BCUT2D eigenvalue weighted by Gasteiger charge is 2.32. The van der Waals surface area contributed by atoms with E-state index in [-0.39, 0.29) is 12.1 Å². The number of carbonyl (C=O) groups excluding carboxylic acids is 1. The molecule has 0 radical (unpaired) electrons. The molecular weight excluding hydrogens is 342 g/mol. The number of carbonyl (C=O) groups is 1. The zero-order valence-corrected chi connectivity index (χ0v) is 15.8. The Morgan fingerprint density at radius 3 is 2.81 bits per heavy atom. The maximum absolute atomic E-state index is 12.8. The van der Waals surface area contributed by atoms with Crippen LogP contribution in [0.15, 0.2) is 48.5 Å². The van der Waals surface area contributed by atoms with Crippen molar-refractivity contribution in [1.29, 1.82) is 0 Å². The summed E-state index contributed by atoms with van der Waals surface area (Å²) in [6.45, 7) is 2.95. The predicted molar refractivity (Wildman–Crippen MR) is 108 cm³/mol. The number of amides is 2. The number of aromatic nitrogens is 1. The molecule has 2 heterocycles. The van der Waals surface area contributed by atoms with Gasteiger partial charge in [-0.25, -0.2) is 9.78 Å². The third-order valence-corrected chi connectivity index (χ3v) is 5.99. The smallest absolute Gasteiger partial charge is 0.315 e. The van der Waals surface area contributed by atoms with Crippen molar-refractivity contribution >= 4 is 33.3 Å². The van der Waals surface area contributed by atoms with Gasteiger partial charge in [0.1, 0.15) is 5.01 Å². The Bertz CT molecular complexity index is 870. The summed E-state index contributed by atoms with van der Waals surface area (Å²) in [4.78, 5) is 19.5. The van der Waals surface area contributed by atoms with E-state index < -0.39 is 0 Å². The Hall–Kier alpha value is -2.40. The van der Waals surface area contributed by atoms with Gasteiger partial charge in [0, 0.05) is 12.2 Å². The fourth-order valence-corrected chi connectivity index (χ4v) is 4.65. The number of likely N-dealkylation sites (tertiary alicyclic amines) is 1. The minimum Gasteiger partial charge on any atom is -0.315 e. The Morgan fingerprint density at radius 2 is 2.04 bits per heavy atom. The van der Waals surface area contributed by atoms with Gasteiger partial charge in [-0.1, -0.05) is 37.6 Å². The van der Waals surface area contributed by atoms with E-state index in [0.29, 0.717) is 0 Å². The van der Waals surface area contributed by atoms with E-state index in [0.717, 1.165) is 48.4 Å². The van der Waals surface area contributed by atoms with Crippen molar-refractivity contribution in [2.24, 2.45) is 0 Å². The number of rotatable bonds is 4. The van der Waals surface area contributed by atoms with Gasteiger partial charge in [0.15, 0.2) is 0 Å². The molecule has 1 aliphatic rings. The first kappa shape index (κ1) is 17.0. The molecule has 134 valence electrons. The lowest BCUT2D eigenvalue weighted by molar-refractivity contribution is 0.207. The highest BCUT2D eigenvalue weighted by Crippen LogP contribution is 2.36. The van der Waals surface area contributed by atoms with Crippen LogP contribution in [0.25, 0.3) is 10.2 Å². The summed E-state index contributed by atoms with van der Waals surface area (Å²) in [6, 6.07) is 16.4. The lowest BCUT2D eigenvalue weighted by Crippen LogP contribution is -2.34. The standard InChI is InChI=1S/C21H23N3OS/c1-2-6-15-10-12-16(13-11-15)22-21(25)24-14-5-8-18(24)20-23-17-7-3-4-9-19(17)26-20/h3-4,7,9-13,18H,2,5-6,8,14H2,1H3,(H,22,25). The van der Waals surface area contributed by atoms with E-state index in [1.54, 1.807) is 11.3 Å². The largest absolute Gasteiger partial charge is 0.322 e. The summed E-state index contributed by atoms with van der Waals surface area (Å²) in [5, 5.41) is 4.09. The van der Waals surface area contributed by atoms with E-state index in [4.69, 9.17) is 4.98 Å². The van der Waals surface area contributed by atoms with Crippen LogP contribution < -0.4 is 5.32 Å². The zero-order valence-electron chi connectivity index (χ0n) is 14.9. The first-order valence-electron chi connectivity index (χ1n) is 9.26. The highest BCUT2D eigenvalue weighted by atomic mass is 32.1. The van der Waals surface area contributed by atoms with Gasteiger partial charge in [-0.2, -0.15) is 0 Å². The Kier molecular flexibility index (Phi) is 4.89. The van der Waals surface area contributed by atoms with Crippen molar-refractivity contribution in [2.75, 3.05) is 11.9 Å². The van der Waals surface area contributed by atoms with Crippen LogP contribution in [0.2, 0.25) is 0 Å². The molecule has 2 aromatic carbocycles. The molecule has 1 aliphatic heterocycles. The monoisotopic (exact) mass is 365 g/mol. The zero-order chi connectivity index (χ0) is 17.9. The lowest BCUT2D eigenvalue weighted by Gasteiger charge is -2.23. The second kappa shape index (κ2) is 7.46. The quantitative estimate of drug-likeness (QED) is 0.652.